The van der Waals surface area contributed by atoms with Crippen molar-refractivity contribution in [2.45, 2.75) is 6.92 Å². The van der Waals surface area contributed by atoms with Crippen LogP contribution in [0.1, 0.15) is 12.5 Å². The van der Waals surface area contributed by atoms with E-state index in [4.69, 9.17) is 0 Å². The minimum absolute atomic E-state index is 0.153. The van der Waals surface area contributed by atoms with Gasteiger partial charge >= 0.3 is 0 Å². The highest BCUT2D eigenvalue weighted by Gasteiger charge is 2.25. The highest BCUT2D eigenvalue weighted by atomic mass is 16.3. The van der Waals surface area contributed by atoms with E-state index in [0.717, 1.165) is 5.56 Å². The molecule has 1 aliphatic rings. The van der Waals surface area contributed by atoms with Crippen LogP contribution in [0.5, 0.6) is 5.75 Å². The number of likely N-dealkylation sites (N-methyl/N-ethyl adjacent to an activating group) is 1. The minimum atomic E-state index is -0.357. The number of phenols is 1. The summed E-state index contributed by atoms with van der Waals surface area (Å²) in [4.78, 5) is 31.8. The van der Waals surface area contributed by atoms with Crippen molar-refractivity contribution in [3.63, 3.8) is 0 Å². The van der Waals surface area contributed by atoms with Crippen molar-refractivity contribution in [1.29, 1.82) is 0 Å². The van der Waals surface area contributed by atoms with Gasteiger partial charge in [-0.25, -0.2) is 9.98 Å². The van der Waals surface area contributed by atoms with Crippen molar-refractivity contribution in [2.75, 3.05) is 7.05 Å². The standard InChI is InChI=1S/C14H13N3O3/c1-9(18)15-8-13-16-12(14(20)17(13)2)7-10-3-5-11(19)6-4-10/h3-8,19H,1-2H3/b12-7+,15-8?. The SMILES string of the molecule is CC(=O)N=CC1=N/C(=C/c2ccc(O)cc2)C(=O)N1C. The molecule has 1 N–H and O–H groups in total. The number of amidine groups is 1. The predicted octanol–water partition coefficient (Wildman–Crippen LogP) is 1.22. The normalized spacial score (nSPS) is 17.1. The Morgan fingerprint density at radius 1 is 1.35 bits per heavy atom. The summed E-state index contributed by atoms with van der Waals surface area (Å²) in [6, 6.07) is 6.40. The van der Waals surface area contributed by atoms with Gasteiger partial charge in [0, 0.05) is 14.0 Å². The summed E-state index contributed by atoms with van der Waals surface area (Å²) in [5.74, 6) is -0.164. The number of carbonyl (C=O) groups is 2. The second-order valence-electron chi connectivity index (χ2n) is 4.23. The lowest BCUT2D eigenvalue weighted by Gasteiger charge is -2.06. The number of carbonyl (C=O) groups excluding carboxylic acids is 2. The van der Waals surface area contributed by atoms with Crippen LogP contribution in [0, 0.1) is 0 Å². The number of hydrogen-bond donors (Lipinski definition) is 1. The van der Waals surface area contributed by atoms with Gasteiger partial charge in [-0.1, -0.05) is 12.1 Å². The maximum absolute atomic E-state index is 12.0. The molecule has 0 atom stereocenters. The second-order valence-corrected chi connectivity index (χ2v) is 4.23. The van der Waals surface area contributed by atoms with Crippen molar-refractivity contribution in [2.24, 2.45) is 9.98 Å². The number of aliphatic imine (C=N–C) groups is 2. The summed E-state index contributed by atoms with van der Waals surface area (Å²) in [5.41, 5.74) is 0.997. The van der Waals surface area contributed by atoms with Crippen LogP contribution in [0.15, 0.2) is 39.9 Å². The van der Waals surface area contributed by atoms with Gasteiger partial charge in [0.2, 0.25) is 5.91 Å². The van der Waals surface area contributed by atoms with Crippen LogP contribution < -0.4 is 0 Å². The van der Waals surface area contributed by atoms with Gasteiger partial charge in [0.15, 0.2) is 5.84 Å². The third-order valence-electron chi connectivity index (χ3n) is 2.66. The number of nitrogens with zero attached hydrogens (tertiary/aromatic N) is 3. The van der Waals surface area contributed by atoms with Gasteiger partial charge in [-0.05, 0) is 23.8 Å². The Labute approximate surface area is 115 Å². The molecule has 6 nitrogen and oxygen atoms in total. The van der Waals surface area contributed by atoms with Crippen LogP contribution in [0.4, 0.5) is 0 Å². The molecule has 6 heteroatoms. The lowest BCUT2D eigenvalue weighted by Crippen LogP contribution is -2.28. The first-order valence-electron chi connectivity index (χ1n) is 5.89. The smallest absolute Gasteiger partial charge is 0.277 e. The largest absolute Gasteiger partial charge is 0.508 e. The first-order valence-corrected chi connectivity index (χ1v) is 5.89. The van der Waals surface area contributed by atoms with Crippen LogP contribution in [-0.4, -0.2) is 40.9 Å². The van der Waals surface area contributed by atoms with Crippen molar-refractivity contribution >= 4 is 29.9 Å². The molecular weight excluding hydrogens is 258 g/mol. The zero-order chi connectivity index (χ0) is 14.7. The summed E-state index contributed by atoms with van der Waals surface area (Å²) < 4.78 is 0. The lowest BCUT2D eigenvalue weighted by molar-refractivity contribution is -0.121. The van der Waals surface area contributed by atoms with Crippen molar-refractivity contribution < 1.29 is 14.7 Å². The Morgan fingerprint density at radius 3 is 2.60 bits per heavy atom. The molecule has 1 aromatic carbocycles. The molecule has 0 saturated heterocycles. The Hall–Kier alpha value is -2.76. The quantitative estimate of drug-likeness (QED) is 0.648. The zero-order valence-electron chi connectivity index (χ0n) is 11.1. The summed E-state index contributed by atoms with van der Waals surface area (Å²) in [6.45, 7) is 1.32. The molecule has 1 aliphatic heterocycles. The number of amides is 2. The average molecular weight is 271 g/mol. The number of benzene rings is 1. The Bertz CT molecular complexity index is 642. The van der Waals surface area contributed by atoms with E-state index in [-0.39, 0.29) is 23.3 Å². The molecule has 0 aliphatic carbocycles. The summed E-state index contributed by atoms with van der Waals surface area (Å²) in [6.07, 6.45) is 2.87. The lowest BCUT2D eigenvalue weighted by atomic mass is 10.2. The van der Waals surface area contributed by atoms with E-state index in [0.29, 0.717) is 5.84 Å². The van der Waals surface area contributed by atoms with Gasteiger partial charge < -0.3 is 5.11 Å². The minimum Gasteiger partial charge on any atom is -0.508 e. The molecule has 102 valence electrons. The Kier molecular flexibility index (Phi) is 3.74. The Balaban J connectivity index is 2.30. The highest BCUT2D eigenvalue weighted by Crippen LogP contribution is 2.18. The predicted molar refractivity (Wildman–Crippen MR) is 75.5 cm³/mol. The van der Waals surface area contributed by atoms with Gasteiger partial charge in [-0.2, -0.15) is 0 Å². The maximum Gasteiger partial charge on any atom is 0.277 e. The average Bonchev–Trinajstić information content (AvgIpc) is 2.67. The molecule has 0 aromatic heterocycles. The van der Waals surface area contributed by atoms with Crippen LogP contribution in [0.25, 0.3) is 6.08 Å². The third kappa shape index (κ3) is 2.97. The molecule has 0 fully saturated rings. The maximum atomic E-state index is 12.0. The fraction of sp³-hybridized carbons (Fsp3) is 0.143. The highest BCUT2D eigenvalue weighted by molar-refractivity contribution is 6.38. The molecule has 1 aromatic rings. The van der Waals surface area contributed by atoms with Crippen LogP contribution in [0.3, 0.4) is 0 Å². The van der Waals surface area contributed by atoms with Gasteiger partial charge in [0.25, 0.3) is 5.91 Å². The molecule has 20 heavy (non-hydrogen) atoms. The number of aromatic hydroxyl groups is 1. The fourth-order valence-corrected chi connectivity index (χ4v) is 1.61. The number of phenolic OH excluding ortho intramolecular Hbond substituents is 1. The molecule has 2 rings (SSSR count). The van der Waals surface area contributed by atoms with Crippen LogP contribution >= 0.6 is 0 Å². The van der Waals surface area contributed by atoms with E-state index < -0.39 is 0 Å². The molecule has 1 heterocycles. The molecule has 0 bridgehead atoms. The third-order valence-corrected chi connectivity index (χ3v) is 2.66. The van der Waals surface area contributed by atoms with Gasteiger partial charge in [0.1, 0.15) is 11.4 Å². The van der Waals surface area contributed by atoms with E-state index in [1.807, 2.05) is 0 Å². The molecule has 0 radical (unpaired) electrons. The van der Waals surface area contributed by atoms with Crippen molar-refractivity contribution in [1.82, 2.24) is 4.90 Å². The fourth-order valence-electron chi connectivity index (χ4n) is 1.61. The van der Waals surface area contributed by atoms with Crippen LogP contribution in [-0.2, 0) is 9.59 Å². The Morgan fingerprint density at radius 2 is 2.00 bits per heavy atom. The van der Waals surface area contributed by atoms with E-state index in [2.05, 4.69) is 9.98 Å². The van der Waals surface area contributed by atoms with Crippen molar-refractivity contribution in [3.05, 3.63) is 35.5 Å². The summed E-state index contributed by atoms with van der Waals surface area (Å²) >= 11 is 0. The van der Waals surface area contributed by atoms with Crippen molar-refractivity contribution in [3.8, 4) is 5.75 Å². The molecule has 2 amide bonds. The number of hydrogen-bond acceptors (Lipinski definition) is 4. The van der Waals surface area contributed by atoms with Gasteiger partial charge in [0.05, 0.1) is 6.21 Å². The topological polar surface area (TPSA) is 82.3 Å². The van der Waals surface area contributed by atoms with E-state index in [1.54, 1.807) is 25.3 Å². The first kappa shape index (κ1) is 13.7. The van der Waals surface area contributed by atoms with E-state index in [1.165, 1.54) is 30.2 Å². The van der Waals surface area contributed by atoms with E-state index in [9.17, 15) is 14.7 Å². The van der Waals surface area contributed by atoms with Crippen LogP contribution in [0.2, 0.25) is 0 Å². The molecule has 0 unspecified atom stereocenters. The number of rotatable bonds is 2. The first-order chi connectivity index (χ1) is 9.47. The summed E-state index contributed by atoms with van der Waals surface area (Å²) in [7, 11) is 1.56. The molecule has 0 saturated carbocycles. The zero-order valence-corrected chi connectivity index (χ0v) is 11.1. The van der Waals surface area contributed by atoms with Gasteiger partial charge in [-0.3, -0.25) is 14.5 Å². The summed E-state index contributed by atoms with van der Waals surface area (Å²) in [5, 5.41) is 9.20. The van der Waals surface area contributed by atoms with E-state index >= 15 is 0 Å². The monoisotopic (exact) mass is 271 g/mol. The second kappa shape index (κ2) is 5.48. The van der Waals surface area contributed by atoms with Gasteiger partial charge in [-0.15, -0.1) is 0 Å². The molecule has 0 spiro atoms. The molecular formula is C14H13N3O3.